The number of nitrogens with two attached hydrogens (primary N) is 1. The molecule has 1 aliphatic rings. The van der Waals surface area contributed by atoms with Gasteiger partial charge in [0, 0.05) is 18.0 Å². The molecule has 1 saturated heterocycles. The average Bonchev–Trinajstić information content (AvgIpc) is 2.30. The molecule has 1 amide bonds. The number of benzene rings is 1. The number of thioether (sulfide) groups is 1. The quantitative estimate of drug-likeness (QED) is 0.869. The monoisotopic (exact) mass is 250 g/mol. The molecule has 2 N–H and O–H groups in total. The normalized spacial score (nSPS) is 20.8. The number of hydrogen-bond acceptors (Lipinski definition) is 3. The molecule has 92 valence electrons. The maximum absolute atomic E-state index is 12.1. The molecule has 4 heteroatoms. The number of carbonyl (C=O) groups is 1. The minimum Gasteiger partial charge on any atom is -0.328 e. The van der Waals surface area contributed by atoms with Crippen molar-refractivity contribution in [2.24, 2.45) is 5.73 Å². The fourth-order valence-electron chi connectivity index (χ4n) is 2.30. The Morgan fingerprint density at radius 2 is 2.06 bits per heavy atom. The van der Waals surface area contributed by atoms with Gasteiger partial charge in [-0.15, -0.1) is 11.8 Å². The summed E-state index contributed by atoms with van der Waals surface area (Å²) >= 11 is 1.67. The Bertz CT molecular complexity index is 413. The zero-order valence-corrected chi connectivity index (χ0v) is 11.1. The van der Waals surface area contributed by atoms with Crippen LogP contribution in [0.5, 0.6) is 0 Å². The molecule has 1 atom stereocenters. The lowest BCUT2D eigenvalue weighted by atomic mass is 10.1. The molecule has 0 spiro atoms. The molecule has 17 heavy (non-hydrogen) atoms. The molecule has 0 radical (unpaired) electrons. The van der Waals surface area contributed by atoms with Gasteiger partial charge in [-0.2, -0.15) is 0 Å². The van der Waals surface area contributed by atoms with Crippen molar-refractivity contribution in [2.45, 2.75) is 19.9 Å². The summed E-state index contributed by atoms with van der Waals surface area (Å²) in [4.78, 5) is 14.0. The van der Waals surface area contributed by atoms with E-state index in [0.717, 1.165) is 22.6 Å². The third kappa shape index (κ3) is 2.33. The summed E-state index contributed by atoms with van der Waals surface area (Å²) in [7, 11) is 0. The van der Waals surface area contributed by atoms with E-state index in [4.69, 9.17) is 5.73 Å². The summed E-state index contributed by atoms with van der Waals surface area (Å²) in [6, 6.07) is 6.24. The number of aryl methyl sites for hydroxylation is 2. The van der Waals surface area contributed by atoms with Crippen LogP contribution in [-0.2, 0) is 4.79 Å². The fourth-order valence-corrected chi connectivity index (χ4v) is 3.29. The first-order chi connectivity index (χ1) is 8.15. The van der Waals surface area contributed by atoms with Gasteiger partial charge in [0.2, 0.25) is 5.91 Å². The Morgan fingerprint density at radius 3 is 2.65 bits per heavy atom. The van der Waals surface area contributed by atoms with E-state index >= 15 is 0 Å². The van der Waals surface area contributed by atoms with Crippen LogP contribution in [0.4, 0.5) is 5.69 Å². The van der Waals surface area contributed by atoms with Gasteiger partial charge in [-0.05, 0) is 25.0 Å². The molecular weight excluding hydrogens is 232 g/mol. The molecule has 0 aromatic heterocycles. The molecule has 0 bridgehead atoms. The Morgan fingerprint density at radius 1 is 1.41 bits per heavy atom. The Labute approximate surface area is 106 Å². The first-order valence-electron chi connectivity index (χ1n) is 5.81. The van der Waals surface area contributed by atoms with E-state index < -0.39 is 0 Å². The van der Waals surface area contributed by atoms with E-state index in [2.05, 4.69) is 0 Å². The summed E-state index contributed by atoms with van der Waals surface area (Å²) in [6.45, 7) is 4.61. The highest BCUT2D eigenvalue weighted by Crippen LogP contribution is 2.30. The second-order valence-corrected chi connectivity index (χ2v) is 5.44. The second kappa shape index (κ2) is 5.10. The number of carbonyl (C=O) groups excluding carboxylic acids is 1. The highest BCUT2D eigenvalue weighted by atomic mass is 32.2. The van der Waals surface area contributed by atoms with E-state index in [9.17, 15) is 4.79 Å². The van der Waals surface area contributed by atoms with Crippen molar-refractivity contribution in [3.05, 3.63) is 29.3 Å². The number of rotatable bonds is 2. The highest BCUT2D eigenvalue weighted by Gasteiger charge is 2.30. The van der Waals surface area contributed by atoms with Crippen molar-refractivity contribution in [1.29, 1.82) is 0 Å². The molecule has 1 heterocycles. The zero-order chi connectivity index (χ0) is 12.4. The average molecular weight is 250 g/mol. The van der Waals surface area contributed by atoms with E-state index in [0.29, 0.717) is 12.3 Å². The van der Waals surface area contributed by atoms with E-state index in [1.54, 1.807) is 11.8 Å². The number of nitrogens with zero attached hydrogens (tertiary/aromatic N) is 1. The van der Waals surface area contributed by atoms with Crippen LogP contribution in [0, 0.1) is 13.8 Å². The number of para-hydroxylation sites is 1. The van der Waals surface area contributed by atoms with E-state index in [-0.39, 0.29) is 11.9 Å². The van der Waals surface area contributed by atoms with Gasteiger partial charge < -0.3 is 10.6 Å². The van der Waals surface area contributed by atoms with Crippen molar-refractivity contribution < 1.29 is 4.79 Å². The van der Waals surface area contributed by atoms with Crippen LogP contribution >= 0.6 is 11.8 Å². The molecule has 1 unspecified atom stereocenters. The molecule has 1 aromatic rings. The molecule has 0 aliphatic carbocycles. The van der Waals surface area contributed by atoms with Crippen LogP contribution in [-0.4, -0.2) is 30.0 Å². The molecular formula is C13H18N2OS. The topological polar surface area (TPSA) is 46.3 Å². The van der Waals surface area contributed by atoms with Crippen LogP contribution in [0.2, 0.25) is 0 Å². The van der Waals surface area contributed by atoms with Crippen LogP contribution in [0.1, 0.15) is 11.1 Å². The number of anilines is 1. The van der Waals surface area contributed by atoms with Crippen molar-refractivity contribution in [1.82, 2.24) is 0 Å². The summed E-state index contributed by atoms with van der Waals surface area (Å²) in [5, 5.41) is 0. The van der Waals surface area contributed by atoms with Crippen LogP contribution in [0.25, 0.3) is 0 Å². The lowest BCUT2D eigenvalue weighted by Gasteiger charge is -2.36. The van der Waals surface area contributed by atoms with Gasteiger partial charge in [0.25, 0.3) is 0 Å². The summed E-state index contributed by atoms with van der Waals surface area (Å²) in [6.07, 6.45) is 0. The first kappa shape index (κ1) is 12.5. The van der Waals surface area contributed by atoms with Gasteiger partial charge in [0.15, 0.2) is 0 Å². The van der Waals surface area contributed by atoms with Gasteiger partial charge in [0.1, 0.15) is 0 Å². The second-order valence-electron chi connectivity index (χ2n) is 4.41. The van der Waals surface area contributed by atoms with E-state index in [1.807, 2.05) is 36.9 Å². The Kier molecular flexibility index (Phi) is 3.74. The summed E-state index contributed by atoms with van der Waals surface area (Å²) in [5.41, 5.74) is 9.12. The largest absolute Gasteiger partial charge is 0.328 e. The van der Waals surface area contributed by atoms with Gasteiger partial charge in [-0.1, -0.05) is 18.2 Å². The maximum atomic E-state index is 12.1. The molecule has 0 saturated carbocycles. The third-order valence-electron chi connectivity index (χ3n) is 3.12. The number of amides is 1. The Hall–Kier alpha value is -1.000. The predicted molar refractivity (Wildman–Crippen MR) is 73.6 cm³/mol. The SMILES string of the molecule is Cc1cccc(C)c1N1C(=O)CSCC1CN. The molecule has 3 nitrogen and oxygen atoms in total. The molecule has 1 aromatic carbocycles. The summed E-state index contributed by atoms with van der Waals surface area (Å²) < 4.78 is 0. The standard InChI is InChI=1S/C13H18N2OS/c1-9-4-3-5-10(2)13(9)15-11(6-14)7-17-8-12(15)16/h3-5,11H,6-8,14H2,1-2H3. The Balaban J connectivity index is 2.45. The van der Waals surface area contributed by atoms with Crippen molar-refractivity contribution in [3.8, 4) is 0 Å². The highest BCUT2D eigenvalue weighted by molar-refractivity contribution is 8.00. The van der Waals surface area contributed by atoms with Crippen molar-refractivity contribution in [2.75, 3.05) is 23.0 Å². The maximum Gasteiger partial charge on any atom is 0.237 e. The molecule has 1 fully saturated rings. The smallest absolute Gasteiger partial charge is 0.237 e. The van der Waals surface area contributed by atoms with Crippen molar-refractivity contribution in [3.63, 3.8) is 0 Å². The summed E-state index contributed by atoms with van der Waals surface area (Å²) in [5.74, 6) is 1.66. The first-order valence-corrected chi connectivity index (χ1v) is 6.96. The minimum atomic E-state index is 0.126. The molecule has 1 aliphatic heterocycles. The van der Waals surface area contributed by atoms with Crippen LogP contribution < -0.4 is 10.6 Å². The minimum absolute atomic E-state index is 0.126. The van der Waals surface area contributed by atoms with Gasteiger partial charge >= 0.3 is 0 Å². The lowest BCUT2D eigenvalue weighted by Crippen LogP contribution is -2.50. The number of hydrogen-bond donors (Lipinski definition) is 1. The van der Waals surface area contributed by atoms with Crippen LogP contribution in [0.15, 0.2) is 18.2 Å². The van der Waals surface area contributed by atoms with Gasteiger partial charge in [-0.3, -0.25) is 4.79 Å². The fraction of sp³-hybridized carbons (Fsp3) is 0.462. The molecule has 2 rings (SSSR count). The third-order valence-corrected chi connectivity index (χ3v) is 4.19. The predicted octanol–water partition coefficient (Wildman–Crippen LogP) is 1.71. The lowest BCUT2D eigenvalue weighted by molar-refractivity contribution is -0.116. The van der Waals surface area contributed by atoms with Gasteiger partial charge in [0.05, 0.1) is 11.8 Å². The van der Waals surface area contributed by atoms with Crippen molar-refractivity contribution >= 4 is 23.4 Å². The van der Waals surface area contributed by atoms with E-state index in [1.165, 1.54) is 0 Å². The van der Waals surface area contributed by atoms with Gasteiger partial charge in [-0.25, -0.2) is 0 Å². The van der Waals surface area contributed by atoms with Crippen LogP contribution in [0.3, 0.4) is 0 Å². The zero-order valence-electron chi connectivity index (χ0n) is 10.3.